The van der Waals surface area contributed by atoms with Gasteiger partial charge in [0, 0.05) is 13.6 Å². The fourth-order valence-electron chi connectivity index (χ4n) is 1.74. The average molecular weight is 284 g/mol. The first-order valence-electron chi connectivity index (χ1n) is 6.69. The van der Waals surface area contributed by atoms with Crippen molar-refractivity contribution < 1.29 is 9.53 Å². The molecule has 0 aliphatic heterocycles. The molecule has 0 aromatic heterocycles. The fourth-order valence-corrected chi connectivity index (χ4v) is 1.94. The van der Waals surface area contributed by atoms with Crippen LogP contribution in [-0.2, 0) is 11.3 Å². The average Bonchev–Trinajstić information content (AvgIpc) is 2.43. The topological polar surface area (TPSA) is 29.5 Å². The minimum Gasteiger partial charge on any atom is -0.494 e. The second kappa shape index (κ2) is 8.81. The molecule has 106 valence electrons. The predicted octanol–water partition coefficient (Wildman–Crippen LogP) is 3.45. The Morgan fingerprint density at radius 3 is 2.84 bits per heavy atom. The van der Waals surface area contributed by atoms with Crippen LogP contribution in [0.25, 0.3) is 0 Å². The number of hydrogen-bond donors (Lipinski definition) is 0. The van der Waals surface area contributed by atoms with Crippen molar-refractivity contribution >= 4 is 17.5 Å². The SMILES string of the molecule is CCCCCOc1cccc(CN(C)C(=O)CCl)c1. The second-order valence-electron chi connectivity index (χ2n) is 4.59. The summed E-state index contributed by atoms with van der Waals surface area (Å²) in [6, 6.07) is 7.85. The number of carbonyl (C=O) groups excluding carboxylic acids is 1. The van der Waals surface area contributed by atoms with Gasteiger partial charge in [0.1, 0.15) is 11.6 Å². The van der Waals surface area contributed by atoms with Crippen molar-refractivity contribution in [2.75, 3.05) is 19.5 Å². The van der Waals surface area contributed by atoms with Gasteiger partial charge >= 0.3 is 0 Å². The number of amides is 1. The third-order valence-corrected chi connectivity index (χ3v) is 3.10. The van der Waals surface area contributed by atoms with Crippen LogP contribution in [0.3, 0.4) is 0 Å². The largest absolute Gasteiger partial charge is 0.494 e. The number of ether oxygens (including phenoxy) is 1. The van der Waals surface area contributed by atoms with Crippen LogP contribution in [0.1, 0.15) is 31.7 Å². The first kappa shape index (κ1) is 15.8. The zero-order valence-corrected chi connectivity index (χ0v) is 12.4. The molecule has 0 spiro atoms. The summed E-state index contributed by atoms with van der Waals surface area (Å²) in [5.74, 6) is 0.806. The minimum absolute atomic E-state index is 0.0176. The number of halogens is 1. The molecule has 0 N–H and O–H groups in total. The third kappa shape index (κ3) is 5.97. The molecule has 0 saturated carbocycles. The Bertz CT molecular complexity index is 395. The molecule has 1 aromatic carbocycles. The van der Waals surface area contributed by atoms with Crippen molar-refractivity contribution in [1.29, 1.82) is 0 Å². The highest BCUT2D eigenvalue weighted by Gasteiger charge is 2.07. The van der Waals surface area contributed by atoms with Crippen LogP contribution in [0.15, 0.2) is 24.3 Å². The monoisotopic (exact) mass is 283 g/mol. The summed E-state index contributed by atoms with van der Waals surface area (Å²) < 4.78 is 5.69. The van der Waals surface area contributed by atoms with Gasteiger partial charge in [0.2, 0.25) is 5.91 Å². The van der Waals surface area contributed by atoms with Gasteiger partial charge in [-0.1, -0.05) is 31.9 Å². The number of rotatable bonds is 8. The molecule has 19 heavy (non-hydrogen) atoms. The number of carbonyl (C=O) groups is 1. The van der Waals surface area contributed by atoms with Crippen LogP contribution in [0.2, 0.25) is 0 Å². The normalized spacial score (nSPS) is 10.3. The highest BCUT2D eigenvalue weighted by atomic mass is 35.5. The predicted molar refractivity (Wildman–Crippen MR) is 78.7 cm³/mol. The summed E-state index contributed by atoms with van der Waals surface area (Å²) in [6.07, 6.45) is 3.45. The van der Waals surface area contributed by atoms with Crippen molar-refractivity contribution in [3.05, 3.63) is 29.8 Å². The van der Waals surface area contributed by atoms with E-state index in [2.05, 4.69) is 6.92 Å². The third-order valence-electron chi connectivity index (χ3n) is 2.87. The Balaban J connectivity index is 2.49. The highest BCUT2D eigenvalue weighted by Crippen LogP contribution is 2.15. The van der Waals surface area contributed by atoms with Crippen LogP contribution >= 0.6 is 11.6 Å². The maximum absolute atomic E-state index is 11.4. The quantitative estimate of drug-likeness (QED) is 0.540. The lowest BCUT2D eigenvalue weighted by Gasteiger charge is -2.16. The molecular formula is C15H22ClNO2. The van der Waals surface area contributed by atoms with E-state index in [1.54, 1.807) is 11.9 Å². The molecule has 0 bridgehead atoms. The Labute approximate surface area is 120 Å². The first-order valence-corrected chi connectivity index (χ1v) is 7.22. The molecule has 0 unspecified atom stereocenters. The molecule has 0 aliphatic rings. The van der Waals surface area contributed by atoms with Gasteiger partial charge in [-0.3, -0.25) is 4.79 Å². The Kier molecular flexibility index (Phi) is 7.34. The van der Waals surface area contributed by atoms with Crippen LogP contribution in [-0.4, -0.2) is 30.3 Å². The van der Waals surface area contributed by atoms with Crippen LogP contribution in [0.5, 0.6) is 5.75 Å². The lowest BCUT2D eigenvalue weighted by molar-refractivity contribution is -0.127. The van der Waals surface area contributed by atoms with Gasteiger partial charge in [0.25, 0.3) is 0 Å². The van der Waals surface area contributed by atoms with Crippen molar-refractivity contribution in [1.82, 2.24) is 4.90 Å². The molecular weight excluding hydrogens is 262 g/mol. The summed E-state index contributed by atoms with van der Waals surface area (Å²) in [5.41, 5.74) is 1.05. The van der Waals surface area contributed by atoms with E-state index in [0.29, 0.717) is 6.54 Å². The molecule has 0 heterocycles. The van der Waals surface area contributed by atoms with Crippen molar-refractivity contribution in [2.45, 2.75) is 32.7 Å². The second-order valence-corrected chi connectivity index (χ2v) is 4.85. The summed E-state index contributed by atoms with van der Waals surface area (Å²) in [6.45, 7) is 3.47. The zero-order chi connectivity index (χ0) is 14.1. The van der Waals surface area contributed by atoms with E-state index >= 15 is 0 Å². The van der Waals surface area contributed by atoms with E-state index in [0.717, 1.165) is 24.3 Å². The van der Waals surface area contributed by atoms with Gasteiger partial charge in [-0.25, -0.2) is 0 Å². The molecule has 0 atom stereocenters. The maximum atomic E-state index is 11.4. The van der Waals surface area contributed by atoms with Gasteiger partial charge in [-0.15, -0.1) is 11.6 Å². The van der Waals surface area contributed by atoms with E-state index in [1.165, 1.54) is 12.8 Å². The molecule has 0 aliphatic carbocycles. The van der Waals surface area contributed by atoms with E-state index in [4.69, 9.17) is 16.3 Å². The Hall–Kier alpha value is -1.22. The molecule has 0 saturated heterocycles. The first-order chi connectivity index (χ1) is 9.17. The molecule has 1 amide bonds. The van der Waals surface area contributed by atoms with Gasteiger partial charge in [-0.2, -0.15) is 0 Å². The number of alkyl halides is 1. The number of nitrogens with zero attached hydrogens (tertiary/aromatic N) is 1. The summed E-state index contributed by atoms with van der Waals surface area (Å²) in [4.78, 5) is 13.0. The zero-order valence-electron chi connectivity index (χ0n) is 11.7. The fraction of sp³-hybridized carbons (Fsp3) is 0.533. The highest BCUT2D eigenvalue weighted by molar-refractivity contribution is 6.27. The summed E-state index contributed by atoms with van der Waals surface area (Å²) in [7, 11) is 1.75. The van der Waals surface area contributed by atoms with Crippen molar-refractivity contribution in [2.24, 2.45) is 0 Å². The molecule has 1 rings (SSSR count). The van der Waals surface area contributed by atoms with Crippen LogP contribution < -0.4 is 4.74 Å². The number of unbranched alkanes of at least 4 members (excludes halogenated alkanes) is 2. The number of hydrogen-bond acceptors (Lipinski definition) is 2. The van der Waals surface area contributed by atoms with E-state index in [9.17, 15) is 4.79 Å². The minimum atomic E-state index is -0.0732. The Morgan fingerprint density at radius 1 is 1.37 bits per heavy atom. The molecule has 4 heteroatoms. The summed E-state index contributed by atoms with van der Waals surface area (Å²) in [5, 5.41) is 0. The van der Waals surface area contributed by atoms with E-state index < -0.39 is 0 Å². The molecule has 0 radical (unpaired) electrons. The molecule has 3 nitrogen and oxygen atoms in total. The maximum Gasteiger partial charge on any atom is 0.237 e. The van der Waals surface area contributed by atoms with Gasteiger partial charge in [-0.05, 0) is 24.1 Å². The smallest absolute Gasteiger partial charge is 0.237 e. The molecule has 0 fully saturated rings. The van der Waals surface area contributed by atoms with Crippen molar-refractivity contribution in [3.8, 4) is 5.75 Å². The van der Waals surface area contributed by atoms with Crippen molar-refractivity contribution in [3.63, 3.8) is 0 Å². The van der Waals surface area contributed by atoms with Gasteiger partial charge < -0.3 is 9.64 Å². The Morgan fingerprint density at radius 2 is 2.16 bits per heavy atom. The van der Waals surface area contributed by atoms with Crippen LogP contribution in [0.4, 0.5) is 0 Å². The number of benzene rings is 1. The lowest BCUT2D eigenvalue weighted by Crippen LogP contribution is -2.27. The summed E-state index contributed by atoms with van der Waals surface area (Å²) >= 11 is 5.53. The van der Waals surface area contributed by atoms with E-state index in [-0.39, 0.29) is 11.8 Å². The standard InChI is InChI=1S/C15H22ClNO2/c1-3-4-5-9-19-14-8-6-7-13(10-14)12-17(2)15(18)11-16/h6-8,10H,3-5,9,11-12H2,1-2H3. The molecule has 1 aromatic rings. The van der Waals surface area contributed by atoms with E-state index in [1.807, 2.05) is 24.3 Å². The van der Waals surface area contributed by atoms with Gasteiger partial charge in [0.15, 0.2) is 0 Å². The van der Waals surface area contributed by atoms with Crippen LogP contribution in [0, 0.1) is 0 Å². The van der Waals surface area contributed by atoms with Gasteiger partial charge in [0.05, 0.1) is 6.61 Å². The lowest BCUT2D eigenvalue weighted by atomic mass is 10.2.